The molecule has 112 valence electrons. The van der Waals surface area contributed by atoms with Gasteiger partial charge in [0.15, 0.2) is 0 Å². The monoisotopic (exact) mass is 325 g/mol. The first kappa shape index (κ1) is 15.8. The predicted octanol–water partition coefficient (Wildman–Crippen LogP) is 3.18. The van der Waals surface area contributed by atoms with E-state index in [4.69, 9.17) is 21.5 Å². The van der Waals surface area contributed by atoms with E-state index in [-0.39, 0.29) is 9.92 Å². The molecule has 21 heavy (non-hydrogen) atoms. The topological polar surface area (TPSA) is 69.4 Å². The van der Waals surface area contributed by atoms with Gasteiger partial charge in [0.2, 0.25) is 10.0 Å². The molecule has 0 saturated heterocycles. The minimum Gasteiger partial charge on any atom is -0.487 e. The molecule has 0 spiro atoms. The van der Waals surface area contributed by atoms with E-state index in [1.165, 1.54) is 18.2 Å². The second kappa shape index (κ2) is 6.05. The molecule has 0 amide bonds. The number of primary sulfonamides is 1. The molecule has 6 heteroatoms. The molecule has 0 bridgehead atoms. The quantitative estimate of drug-likeness (QED) is 0.938. The molecule has 2 aromatic rings. The summed E-state index contributed by atoms with van der Waals surface area (Å²) in [6, 6.07) is 10.2. The van der Waals surface area contributed by atoms with Crippen LogP contribution in [0.3, 0.4) is 0 Å². The Morgan fingerprint density at radius 3 is 2.29 bits per heavy atom. The minimum absolute atomic E-state index is 0.0353. The highest BCUT2D eigenvalue weighted by Gasteiger charge is 2.12. The lowest BCUT2D eigenvalue weighted by atomic mass is 10.0. The van der Waals surface area contributed by atoms with Gasteiger partial charge in [-0.1, -0.05) is 29.8 Å². The average Bonchev–Trinajstić information content (AvgIpc) is 2.38. The van der Waals surface area contributed by atoms with Crippen molar-refractivity contribution >= 4 is 21.6 Å². The van der Waals surface area contributed by atoms with Gasteiger partial charge in [-0.05, 0) is 48.7 Å². The smallest absolute Gasteiger partial charge is 0.238 e. The van der Waals surface area contributed by atoms with E-state index in [0.717, 1.165) is 16.7 Å². The summed E-state index contributed by atoms with van der Waals surface area (Å²) >= 11 is 6.04. The molecular formula is C15H16ClNO3S. The van der Waals surface area contributed by atoms with Gasteiger partial charge < -0.3 is 4.74 Å². The number of sulfonamides is 1. The third kappa shape index (κ3) is 3.75. The third-order valence-corrected chi connectivity index (χ3v) is 4.45. The fourth-order valence-electron chi connectivity index (χ4n) is 2.00. The van der Waals surface area contributed by atoms with Crippen LogP contribution in [0.15, 0.2) is 41.3 Å². The summed E-state index contributed by atoms with van der Waals surface area (Å²) in [7, 11) is -3.76. The van der Waals surface area contributed by atoms with Gasteiger partial charge in [0.1, 0.15) is 12.4 Å². The highest BCUT2D eigenvalue weighted by atomic mass is 35.5. The van der Waals surface area contributed by atoms with E-state index in [2.05, 4.69) is 0 Å². The van der Waals surface area contributed by atoms with Crippen LogP contribution in [0.25, 0.3) is 0 Å². The van der Waals surface area contributed by atoms with Gasteiger partial charge in [-0.3, -0.25) is 0 Å². The number of ether oxygens (including phenoxy) is 1. The number of aryl methyl sites for hydroxylation is 2. The third-order valence-electron chi connectivity index (χ3n) is 3.25. The van der Waals surface area contributed by atoms with Crippen molar-refractivity contribution in [3.63, 3.8) is 0 Å². The lowest BCUT2D eigenvalue weighted by molar-refractivity contribution is 0.304. The largest absolute Gasteiger partial charge is 0.487 e. The molecule has 0 unspecified atom stereocenters. The zero-order valence-corrected chi connectivity index (χ0v) is 13.3. The number of rotatable bonds is 4. The van der Waals surface area contributed by atoms with Crippen molar-refractivity contribution in [2.75, 3.05) is 0 Å². The van der Waals surface area contributed by atoms with E-state index < -0.39 is 10.0 Å². The number of hydrogen-bond acceptors (Lipinski definition) is 3. The van der Waals surface area contributed by atoms with Crippen molar-refractivity contribution in [2.45, 2.75) is 25.3 Å². The zero-order chi connectivity index (χ0) is 15.6. The molecule has 0 fully saturated rings. The molecule has 0 radical (unpaired) electrons. The predicted molar refractivity (Wildman–Crippen MR) is 83.1 cm³/mol. The van der Waals surface area contributed by atoms with E-state index in [0.29, 0.717) is 12.4 Å². The Hall–Kier alpha value is -1.56. The summed E-state index contributed by atoms with van der Waals surface area (Å²) < 4.78 is 28.2. The highest BCUT2D eigenvalue weighted by Crippen LogP contribution is 2.28. The van der Waals surface area contributed by atoms with Crippen molar-refractivity contribution in [1.82, 2.24) is 0 Å². The van der Waals surface area contributed by atoms with Gasteiger partial charge in [-0.25, -0.2) is 13.6 Å². The second-order valence-corrected chi connectivity index (χ2v) is 6.76. The van der Waals surface area contributed by atoms with Crippen LogP contribution in [0.4, 0.5) is 0 Å². The van der Waals surface area contributed by atoms with E-state index in [1.807, 2.05) is 32.0 Å². The lowest BCUT2D eigenvalue weighted by Crippen LogP contribution is -2.12. The Morgan fingerprint density at radius 2 is 1.76 bits per heavy atom. The lowest BCUT2D eigenvalue weighted by Gasteiger charge is -2.13. The Morgan fingerprint density at radius 1 is 1.14 bits per heavy atom. The molecule has 2 N–H and O–H groups in total. The molecule has 0 saturated carbocycles. The first-order chi connectivity index (χ1) is 9.79. The van der Waals surface area contributed by atoms with Crippen LogP contribution in [0.2, 0.25) is 5.02 Å². The zero-order valence-electron chi connectivity index (χ0n) is 11.8. The molecule has 4 nitrogen and oxygen atoms in total. The fraction of sp³-hybridized carbons (Fsp3) is 0.200. The van der Waals surface area contributed by atoms with Crippen LogP contribution < -0.4 is 9.88 Å². The molecule has 2 aromatic carbocycles. The molecule has 0 atom stereocenters. The Labute approximate surface area is 129 Å². The fourth-order valence-corrected chi connectivity index (χ4v) is 2.84. The maximum Gasteiger partial charge on any atom is 0.238 e. The summed E-state index contributed by atoms with van der Waals surface area (Å²) in [5.74, 6) is 0.423. The Kier molecular flexibility index (Phi) is 4.56. The van der Waals surface area contributed by atoms with Gasteiger partial charge in [0, 0.05) is 0 Å². The Balaban J connectivity index is 2.22. The number of halogens is 1. The summed E-state index contributed by atoms with van der Waals surface area (Å²) in [5, 5.41) is 5.27. The highest BCUT2D eigenvalue weighted by molar-refractivity contribution is 7.89. The van der Waals surface area contributed by atoms with Crippen molar-refractivity contribution in [1.29, 1.82) is 0 Å². The molecule has 0 aliphatic carbocycles. The second-order valence-electron chi connectivity index (χ2n) is 4.80. The van der Waals surface area contributed by atoms with Crippen molar-refractivity contribution in [3.05, 3.63) is 58.1 Å². The molecule has 0 aromatic heterocycles. The molecule has 0 aliphatic heterocycles. The van der Waals surface area contributed by atoms with Crippen LogP contribution in [0.1, 0.15) is 16.7 Å². The SMILES string of the molecule is Cc1cccc(C)c1COc1ccc(S(N)(=O)=O)cc1Cl. The maximum atomic E-state index is 11.2. The first-order valence-electron chi connectivity index (χ1n) is 6.29. The van der Waals surface area contributed by atoms with Crippen LogP contribution in [-0.2, 0) is 16.6 Å². The van der Waals surface area contributed by atoms with E-state index in [1.54, 1.807) is 0 Å². The molecule has 0 heterocycles. The molecule has 2 rings (SSSR count). The molecule has 0 aliphatic rings. The maximum absolute atomic E-state index is 11.2. The minimum atomic E-state index is -3.76. The number of benzene rings is 2. The first-order valence-corrected chi connectivity index (χ1v) is 8.21. The van der Waals surface area contributed by atoms with Crippen molar-refractivity contribution < 1.29 is 13.2 Å². The normalized spacial score (nSPS) is 11.4. The summed E-state index contributed by atoms with van der Waals surface area (Å²) in [6.07, 6.45) is 0. The van der Waals surface area contributed by atoms with Crippen LogP contribution in [-0.4, -0.2) is 8.42 Å². The van der Waals surface area contributed by atoms with Crippen molar-refractivity contribution in [3.8, 4) is 5.75 Å². The van der Waals surface area contributed by atoms with Crippen LogP contribution in [0, 0.1) is 13.8 Å². The van der Waals surface area contributed by atoms with Crippen molar-refractivity contribution in [2.24, 2.45) is 5.14 Å². The van der Waals surface area contributed by atoms with Gasteiger partial charge >= 0.3 is 0 Å². The van der Waals surface area contributed by atoms with Gasteiger partial charge in [0.25, 0.3) is 0 Å². The Bertz CT molecular complexity index is 752. The average molecular weight is 326 g/mol. The van der Waals surface area contributed by atoms with Crippen LogP contribution >= 0.6 is 11.6 Å². The summed E-state index contributed by atoms with van der Waals surface area (Å²) in [5.41, 5.74) is 3.35. The molecular weight excluding hydrogens is 310 g/mol. The van der Waals surface area contributed by atoms with Gasteiger partial charge in [0.05, 0.1) is 9.92 Å². The summed E-state index contributed by atoms with van der Waals surface area (Å²) in [6.45, 7) is 4.39. The van der Waals surface area contributed by atoms with E-state index >= 15 is 0 Å². The van der Waals surface area contributed by atoms with Gasteiger partial charge in [-0.15, -0.1) is 0 Å². The standard InChI is InChI=1S/C15H16ClNO3S/c1-10-4-3-5-11(2)13(10)9-20-15-7-6-12(8-14(15)16)21(17,18)19/h3-8H,9H2,1-2H3,(H2,17,18,19). The summed E-state index contributed by atoms with van der Waals surface area (Å²) in [4.78, 5) is -0.0353. The van der Waals surface area contributed by atoms with Gasteiger partial charge in [-0.2, -0.15) is 0 Å². The van der Waals surface area contributed by atoms with Crippen LogP contribution in [0.5, 0.6) is 5.75 Å². The number of hydrogen-bond donors (Lipinski definition) is 1. The number of nitrogens with two attached hydrogens (primary N) is 1. The van der Waals surface area contributed by atoms with E-state index in [9.17, 15) is 8.42 Å².